The summed E-state index contributed by atoms with van der Waals surface area (Å²) in [5.74, 6) is -4.77. The van der Waals surface area contributed by atoms with Crippen LogP contribution in [0.15, 0.2) is 48.5 Å². The standard InChI is InChI=1S/C26H18O8/c1-11-19(25(31)32)9-15-7-13(23(27)28)3-5-17(15)21(11)22-12(2)20(26(33)34)10-16-8-14(24(29)30)4-6-18(16)22/h3-10H,1-2H3,(H,27,28)(H,29,30)(H,31,32)(H,33,34). The molecule has 0 radical (unpaired) electrons. The summed E-state index contributed by atoms with van der Waals surface area (Å²) in [6, 6.07) is 11.5. The zero-order valence-corrected chi connectivity index (χ0v) is 18.0. The summed E-state index contributed by atoms with van der Waals surface area (Å²) in [6.45, 7) is 3.21. The van der Waals surface area contributed by atoms with Crippen LogP contribution in [0.25, 0.3) is 32.7 Å². The van der Waals surface area contributed by atoms with Crippen molar-refractivity contribution in [1.29, 1.82) is 0 Å². The number of carboxylic acid groups (broad SMARTS) is 4. The molecule has 0 aromatic heterocycles. The molecule has 170 valence electrons. The van der Waals surface area contributed by atoms with E-state index in [4.69, 9.17) is 0 Å². The van der Waals surface area contributed by atoms with Gasteiger partial charge in [0.1, 0.15) is 0 Å². The molecule has 4 N–H and O–H groups in total. The first-order chi connectivity index (χ1) is 16.0. The number of rotatable bonds is 5. The highest BCUT2D eigenvalue weighted by Gasteiger charge is 2.23. The molecule has 0 spiro atoms. The van der Waals surface area contributed by atoms with E-state index in [2.05, 4.69) is 0 Å². The number of aromatic carboxylic acids is 4. The van der Waals surface area contributed by atoms with Gasteiger partial charge in [-0.2, -0.15) is 0 Å². The summed E-state index contributed by atoms with van der Waals surface area (Å²) < 4.78 is 0. The highest BCUT2D eigenvalue weighted by molar-refractivity contribution is 6.14. The molecular weight excluding hydrogens is 440 g/mol. The van der Waals surface area contributed by atoms with Gasteiger partial charge in [-0.15, -0.1) is 0 Å². The van der Waals surface area contributed by atoms with E-state index in [1.807, 2.05) is 0 Å². The Hall–Kier alpha value is -4.72. The maximum absolute atomic E-state index is 12.0. The second-order valence-electron chi connectivity index (χ2n) is 7.94. The molecule has 34 heavy (non-hydrogen) atoms. The first-order valence-electron chi connectivity index (χ1n) is 10.1. The van der Waals surface area contributed by atoms with Crippen LogP contribution in [-0.4, -0.2) is 44.3 Å². The van der Waals surface area contributed by atoms with Crippen LogP contribution in [0, 0.1) is 13.8 Å². The van der Waals surface area contributed by atoms with Crippen molar-refractivity contribution >= 4 is 45.4 Å². The minimum Gasteiger partial charge on any atom is -0.478 e. The molecule has 4 rings (SSSR count). The predicted molar refractivity (Wildman–Crippen MR) is 124 cm³/mol. The van der Waals surface area contributed by atoms with Gasteiger partial charge in [-0.05, 0) is 94.0 Å². The van der Waals surface area contributed by atoms with Gasteiger partial charge >= 0.3 is 23.9 Å². The second-order valence-corrected chi connectivity index (χ2v) is 7.94. The van der Waals surface area contributed by atoms with Gasteiger partial charge in [0, 0.05) is 0 Å². The van der Waals surface area contributed by atoms with Crippen LogP contribution >= 0.6 is 0 Å². The Labute approximate surface area is 192 Å². The lowest BCUT2D eigenvalue weighted by Gasteiger charge is -2.20. The maximum atomic E-state index is 12.0. The van der Waals surface area contributed by atoms with Gasteiger partial charge in [-0.3, -0.25) is 0 Å². The lowest BCUT2D eigenvalue weighted by atomic mass is 9.83. The maximum Gasteiger partial charge on any atom is 0.335 e. The van der Waals surface area contributed by atoms with Crippen molar-refractivity contribution in [2.24, 2.45) is 0 Å². The molecule has 8 nitrogen and oxygen atoms in total. The number of hydrogen-bond acceptors (Lipinski definition) is 4. The molecule has 0 atom stereocenters. The first-order valence-corrected chi connectivity index (χ1v) is 10.1. The van der Waals surface area contributed by atoms with Crippen molar-refractivity contribution in [1.82, 2.24) is 0 Å². The Morgan fingerprint density at radius 3 is 1.18 bits per heavy atom. The fourth-order valence-electron chi connectivity index (χ4n) is 4.38. The summed E-state index contributed by atoms with van der Waals surface area (Å²) in [6.07, 6.45) is 0. The van der Waals surface area contributed by atoms with E-state index in [1.165, 1.54) is 36.4 Å². The van der Waals surface area contributed by atoms with Crippen molar-refractivity contribution in [3.8, 4) is 11.1 Å². The highest BCUT2D eigenvalue weighted by Crippen LogP contribution is 2.42. The second kappa shape index (κ2) is 8.00. The zero-order chi connectivity index (χ0) is 24.9. The van der Waals surface area contributed by atoms with Crippen molar-refractivity contribution < 1.29 is 39.6 Å². The Balaban J connectivity index is 2.25. The third-order valence-corrected chi connectivity index (χ3v) is 6.00. The molecule has 0 heterocycles. The summed E-state index contributed by atoms with van der Waals surface area (Å²) >= 11 is 0. The fourth-order valence-corrected chi connectivity index (χ4v) is 4.38. The topological polar surface area (TPSA) is 149 Å². The van der Waals surface area contributed by atoms with Crippen LogP contribution in [0.5, 0.6) is 0 Å². The number of hydrogen-bond donors (Lipinski definition) is 4. The molecule has 0 aliphatic rings. The van der Waals surface area contributed by atoms with Gasteiger partial charge in [0.2, 0.25) is 0 Å². The molecule has 0 saturated heterocycles. The van der Waals surface area contributed by atoms with Gasteiger partial charge in [-0.25, -0.2) is 19.2 Å². The minimum atomic E-state index is -1.22. The molecule has 4 aromatic rings. The summed E-state index contributed by atoms with van der Waals surface area (Å²) in [5, 5.41) is 40.2. The van der Waals surface area contributed by atoms with Gasteiger partial charge in [0.15, 0.2) is 0 Å². The van der Waals surface area contributed by atoms with Gasteiger partial charge < -0.3 is 20.4 Å². The summed E-state index contributed by atoms with van der Waals surface area (Å²) in [5.41, 5.74) is 1.48. The van der Waals surface area contributed by atoms with E-state index in [1.54, 1.807) is 26.0 Å². The van der Waals surface area contributed by atoms with Crippen LogP contribution in [0.1, 0.15) is 52.6 Å². The highest BCUT2D eigenvalue weighted by atomic mass is 16.4. The third-order valence-electron chi connectivity index (χ3n) is 6.00. The Morgan fingerprint density at radius 2 is 0.882 bits per heavy atom. The lowest BCUT2D eigenvalue weighted by molar-refractivity contribution is 0.0685. The minimum absolute atomic E-state index is 0.0226. The lowest BCUT2D eigenvalue weighted by Crippen LogP contribution is -2.07. The van der Waals surface area contributed by atoms with Gasteiger partial charge in [0.05, 0.1) is 22.3 Å². The molecule has 0 amide bonds. The predicted octanol–water partition coefficient (Wildman–Crippen LogP) is 5.07. The van der Waals surface area contributed by atoms with E-state index in [0.29, 0.717) is 43.8 Å². The quantitative estimate of drug-likeness (QED) is 0.324. The van der Waals surface area contributed by atoms with Crippen LogP contribution in [0.2, 0.25) is 0 Å². The normalized spacial score (nSPS) is 11.0. The average molecular weight is 458 g/mol. The van der Waals surface area contributed by atoms with E-state index < -0.39 is 23.9 Å². The monoisotopic (exact) mass is 458 g/mol. The molecule has 0 aliphatic heterocycles. The van der Waals surface area contributed by atoms with E-state index >= 15 is 0 Å². The number of carboxylic acids is 4. The molecule has 0 aliphatic carbocycles. The zero-order valence-electron chi connectivity index (χ0n) is 18.0. The Kier molecular flexibility index (Phi) is 5.29. The van der Waals surface area contributed by atoms with Gasteiger partial charge in [-0.1, -0.05) is 12.1 Å². The largest absolute Gasteiger partial charge is 0.478 e. The summed E-state index contributed by atoms with van der Waals surface area (Å²) in [4.78, 5) is 47.1. The Morgan fingerprint density at radius 1 is 0.529 bits per heavy atom. The van der Waals surface area contributed by atoms with Crippen LogP contribution in [0.3, 0.4) is 0 Å². The number of carbonyl (C=O) groups is 4. The SMILES string of the molecule is Cc1c(C(=O)O)cc2cc(C(=O)O)ccc2c1-c1c(C)c(C(=O)O)cc2cc(C(=O)O)ccc12. The van der Waals surface area contributed by atoms with E-state index in [9.17, 15) is 39.6 Å². The van der Waals surface area contributed by atoms with E-state index in [0.717, 1.165) is 0 Å². The van der Waals surface area contributed by atoms with Crippen LogP contribution in [0.4, 0.5) is 0 Å². The fraction of sp³-hybridized carbons (Fsp3) is 0.0769. The van der Waals surface area contributed by atoms with Gasteiger partial charge in [0.25, 0.3) is 0 Å². The van der Waals surface area contributed by atoms with Crippen LogP contribution < -0.4 is 0 Å². The van der Waals surface area contributed by atoms with Crippen molar-refractivity contribution in [3.05, 3.63) is 81.9 Å². The van der Waals surface area contributed by atoms with Crippen molar-refractivity contribution in [3.63, 3.8) is 0 Å². The third kappa shape index (κ3) is 3.51. The van der Waals surface area contributed by atoms with Crippen molar-refractivity contribution in [2.75, 3.05) is 0 Å². The molecule has 4 aromatic carbocycles. The average Bonchev–Trinajstić information content (AvgIpc) is 2.78. The number of benzene rings is 4. The van der Waals surface area contributed by atoms with E-state index in [-0.39, 0.29) is 22.3 Å². The molecule has 0 saturated carbocycles. The van der Waals surface area contributed by atoms with Crippen molar-refractivity contribution in [2.45, 2.75) is 13.8 Å². The number of fused-ring (bicyclic) bond motifs is 2. The smallest absolute Gasteiger partial charge is 0.335 e. The molecule has 8 heteroatoms. The Bertz CT molecular complexity index is 1460. The molecular formula is C26H18O8. The van der Waals surface area contributed by atoms with Crippen LogP contribution in [-0.2, 0) is 0 Å². The molecule has 0 bridgehead atoms. The summed E-state index contributed by atoms with van der Waals surface area (Å²) in [7, 11) is 0. The molecule has 0 fully saturated rings. The first kappa shape index (κ1) is 22.5. The molecule has 0 unspecified atom stereocenters.